The van der Waals surface area contributed by atoms with Crippen molar-refractivity contribution in [1.82, 2.24) is 0 Å². The van der Waals surface area contributed by atoms with Gasteiger partial charge in [-0.05, 0) is 25.1 Å². The zero-order valence-corrected chi connectivity index (χ0v) is 10.7. The molecule has 0 aromatic heterocycles. The summed E-state index contributed by atoms with van der Waals surface area (Å²) in [7, 11) is -1.94. The zero-order valence-electron chi connectivity index (χ0n) is 9.93. The lowest BCUT2D eigenvalue weighted by molar-refractivity contribution is -0.141. The van der Waals surface area contributed by atoms with Gasteiger partial charge in [-0.1, -0.05) is 6.07 Å². The van der Waals surface area contributed by atoms with Crippen molar-refractivity contribution in [1.29, 1.82) is 0 Å². The minimum Gasteiger partial charge on any atom is -0.467 e. The molecule has 1 aromatic carbocycles. The van der Waals surface area contributed by atoms with E-state index in [1.807, 2.05) is 0 Å². The molecule has 1 atom stereocenters. The Kier molecular flexibility index (Phi) is 4.11. The number of benzene rings is 1. The van der Waals surface area contributed by atoms with E-state index in [0.717, 1.165) is 6.26 Å². The number of carbonyl (C=O) groups excluding carboxylic acids is 1. The van der Waals surface area contributed by atoms with Gasteiger partial charge in [-0.15, -0.1) is 0 Å². The Labute approximate surface area is 101 Å². The molecule has 0 saturated heterocycles. The van der Waals surface area contributed by atoms with Crippen molar-refractivity contribution in [3.63, 3.8) is 0 Å². The molecule has 0 aliphatic rings. The highest BCUT2D eigenvalue weighted by atomic mass is 32.2. The third-order valence-electron chi connectivity index (χ3n) is 2.20. The lowest BCUT2D eigenvalue weighted by Crippen LogP contribution is -2.27. The van der Waals surface area contributed by atoms with Crippen molar-refractivity contribution in [3.05, 3.63) is 24.3 Å². The molecule has 0 aliphatic carbocycles. The summed E-state index contributed by atoms with van der Waals surface area (Å²) in [4.78, 5) is 11.4. The SMILES string of the molecule is COC(=O)C(C)Nc1cccc(S(C)(=O)=O)c1. The molecule has 0 amide bonds. The van der Waals surface area contributed by atoms with E-state index in [1.54, 1.807) is 19.1 Å². The fourth-order valence-electron chi connectivity index (χ4n) is 1.30. The first-order chi connectivity index (χ1) is 7.84. The van der Waals surface area contributed by atoms with Crippen molar-refractivity contribution < 1.29 is 17.9 Å². The molecule has 17 heavy (non-hydrogen) atoms. The molecule has 5 nitrogen and oxygen atoms in total. The van der Waals surface area contributed by atoms with Gasteiger partial charge in [0.2, 0.25) is 0 Å². The number of carbonyl (C=O) groups is 1. The van der Waals surface area contributed by atoms with Crippen LogP contribution >= 0.6 is 0 Å². The molecule has 6 heteroatoms. The second kappa shape index (κ2) is 5.18. The van der Waals surface area contributed by atoms with E-state index in [9.17, 15) is 13.2 Å². The van der Waals surface area contributed by atoms with Gasteiger partial charge in [-0.25, -0.2) is 13.2 Å². The summed E-state index contributed by atoms with van der Waals surface area (Å²) in [5.41, 5.74) is 0.561. The Morgan fingerprint density at radius 3 is 2.59 bits per heavy atom. The quantitative estimate of drug-likeness (QED) is 0.817. The molecule has 1 aromatic rings. The molecular weight excluding hydrogens is 242 g/mol. The molecule has 1 rings (SSSR count). The van der Waals surface area contributed by atoms with E-state index in [1.165, 1.54) is 19.2 Å². The first kappa shape index (κ1) is 13.5. The van der Waals surface area contributed by atoms with Crippen LogP contribution in [-0.2, 0) is 19.4 Å². The summed E-state index contributed by atoms with van der Waals surface area (Å²) in [6.07, 6.45) is 1.13. The van der Waals surface area contributed by atoms with E-state index in [2.05, 4.69) is 10.1 Å². The van der Waals surface area contributed by atoms with Gasteiger partial charge in [-0.3, -0.25) is 0 Å². The van der Waals surface area contributed by atoms with Gasteiger partial charge in [0.15, 0.2) is 9.84 Å². The fraction of sp³-hybridized carbons (Fsp3) is 0.364. The highest BCUT2D eigenvalue weighted by molar-refractivity contribution is 7.90. The van der Waals surface area contributed by atoms with Gasteiger partial charge < -0.3 is 10.1 Å². The third-order valence-corrected chi connectivity index (χ3v) is 3.31. The zero-order chi connectivity index (χ0) is 13.1. The number of esters is 1. The van der Waals surface area contributed by atoms with Crippen LogP contribution in [0.4, 0.5) is 5.69 Å². The van der Waals surface area contributed by atoms with Crippen LogP contribution in [-0.4, -0.2) is 33.8 Å². The van der Waals surface area contributed by atoms with E-state index in [4.69, 9.17) is 0 Å². The van der Waals surface area contributed by atoms with Crippen LogP contribution < -0.4 is 5.32 Å². The Hall–Kier alpha value is -1.56. The second-order valence-electron chi connectivity index (χ2n) is 3.69. The van der Waals surface area contributed by atoms with Crippen molar-refractivity contribution in [3.8, 4) is 0 Å². The molecule has 0 radical (unpaired) electrons. The monoisotopic (exact) mass is 257 g/mol. The Bertz CT molecular complexity index is 510. The van der Waals surface area contributed by atoms with Gasteiger partial charge in [0.25, 0.3) is 0 Å². The first-order valence-electron chi connectivity index (χ1n) is 4.99. The molecule has 94 valence electrons. The van der Waals surface area contributed by atoms with Gasteiger partial charge in [0, 0.05) is 11.9 Å². The van der Waals surface area contributed by atoms with Crippen LogP contribution in [0.15, 0.2) is 29.2 Å². The maximum Gasteiger partial charge on any atom is 0.327 e. The molecule has 0 spiro atoms. The van der Waals surface area contributed by atoms with E-state index < -0.39 is 21.8 Å². The maximum atomic E-state index is 11.3. The average Bonchev–Trinajstić information content (AvgIpc) is 2.27. The Balaban J connectivity index is 2.90. The van der Waals surface area contributed by atoms with Gasteiger partial charge >= 0.3 is 5.97 Å². The van der Waals surface area contributed by atoms with Crippen molar-refractivity contribution >= 4 is 21.5 Å². The number of rotatable bonds is 4. The lowest BCUT2D eigenvalue weighted by atomic mass is 10.2. The second-order valence-corrected chi connectivity index (χ2v) is 5.70. The van der Waals surface area contributed by atoms with Crippen LogP contribution in [0.25, 0.3) is 0 Å². The molecule has 1 N–H and O–H groups in total. The molecule has 0 bridgehead atoms. The van der Waals surface area contributed by atoms with Crippen molar-refractivity contribution in [2.24, 2.45) is 0 Å². The number of anilines is 1. The standard InChI is InChI=1S/C11H15NO4S/c1-8(11(13)16-2)12-9-5-4-6-10(7-9)17(3,14)15/h4-8,12H,1-3H3. The van der Waals surface area contributed by atoms with Crippen LogP contribution in [0.3, 0.4) is 0 Å². The van der Waals surface area contributed by atoms with Crippen LogP contribution in [0.2, 0.25) is 0 Å². The molecule has 0 fully saturated rings. The number of sulfone groups is 1. The smallest absolute Gasteiger partial charge is 0.327 e. The van der Waals surface area contributed by atoms with Crippen LogP contribution in [0.5, 0.6) is 0 Å². The summed E-state index contributed by atoms with van der Waals surface area (Å²) in [5, 5.41) is 2.87. The van der Waals surface area contributed by atoms with Crippen LogP contribution in [0.1, 0.15) is 6.92 Å². The largest absolute Gasteiger partial charge is 0.467 e. The number of nitrogens with one attached hydrogen (secondary N) is 1. The van der Waals surface area contributed by atoms with E-state index in [-0.39, 0.29) is 4.90 Å². The summed E-state index contributed by atoms with van der Waals surface area (Å²) in [5.74, 6) is -0.408. The molecule has 1 unspecified atom stereocenters. The summed E-state index contributed by atoms with van der Waals surface area (Å²) < 4.78 is 27.2. The Morgan fingerprint density at radius 2 is 2.06 bits per heavy atom. The summed E-state index contributed by atoms with van der Waals surface area (Å²) in [6, 6.07) is 5.75. The topological polar surface area (TPSA) is 72.5 Å². The lowest BCUT2D eigenvalue weighted by Gasteiger charge is -2.13. The van der Waals surface area contributed by atoms with Gasteiger partial charge in [0.1, 0.15) is 6.04 Å². The molecule has 0 aliphatic heterocycles. The molecule has 0 heterocycles. The Morgan fingerprint density at radius 1 is 1.41 bits per heavy atom. The number of hydrogen-bond acceptors (Lipinski definition) is 5. The maximum absolute atomic E-state index is 11.3. The predicted molar refractivity (Wildman–Crippen MR) is 64.7 cm³/mol. The van der Waals surface area contributed by atoms with E-state index in [0.29, 0.717) is 5.69 Å². The third kappa shape index (κ3) is 3.74. The number of methoxy groups -OCH3 is 1. The van der Waals surface area contributed by atoms with Crippen molar-refractivity contribution in [2.45, 2.75) is 17.9 Å². The van der Waals surface area contributed by atoms with Gasteiger partial charge in [-0.2, -0.15) is 0 Å². The normalized spacial score (nSPS) is 12.9. The fourth-order valence-corrected chi connectivity index (χ4v) is 1.97. The molecular formula is C11H15NO4S. The summed E-state index contributed by atoms with van der Waals surface area (Å²) >= 11 is 0. The number of hydrogen-bond donors (Lipinski definition) is 1. The predicted octanol–water partition coefficient (Wildman–Crippen LogP) is 1.06. The molecule has 0 saturated carbocycles. The number of ether oxygens (including phenoxy) is 1. The first-order valence-corrected chi connectivity index (χ1v) is 6.88. The van der Waals surface area contributed by atoms with Gasteiger partial charge in [0.05, 0.1) is 12.0 Å². The average molecular weight is 257 g/mol. The summed E-state index contributed by atoms with van der Waals surface area (Å²) in [6.45, 7) is 1.64. The van der Waals surface area contributed by atoms with Crippen LogP contribution in [0, 0.1) is 0 Å². The highest BCUT2D eigenvalue weighted by Gasteiger charge is 2.13. The van der Waals surface area contributed by atoms with Crippen molar-refractivity contribution in [2.75, 3.05) is 18.7 Å². The van der Waals surface area contributed by atoms with E-state index >= 15 is 0 Å². The minimum atomic E-state index is -3.24. The highest BCUT2D eigenvalue weighted by Crippen LogP contribution is 2.16. The minimum absolute atomic E-state index is 0.208.